The minimum absolute atomic E-state index is 0. The Kier molecular flexibility index (Phi) is 15.9. The summed E-state index contributed by atoms with van der Waals surface area (Å²) in [5, 5.41) is 0.751. The van der Waals surface area contributed by atoms with Gasteiger partial charge in [-0.1, -0.05) is 80.7 Å². The topological polar surface area (TPSA) is 33.4 Å². The van der Waals surface area contributed by atoms with Gasteiger partial charge in [0.15, 0.2) is 0 Å². The highest BCUT2D eigenvalue weighted by molar-refractivity contribution is 9.10. The molecule has 10 heteroatoms. The lowest BCUT2D eigenvalue weighted by atomic mass is 10.0. The summed E-state index contributed by atoms with van der Waals surface area (Å²) in [5.74, 6) is 1.85. The molecular formula is C41H42Br2Cl4N4. The zero-order valence-corrected chi connectivity index (χ0v) is 35.5. The summed E-state index contributed by atoms with van der Waals surface area (Å²) in [4.78, 5) is 11.7. The number of hydrogen-bond acceptors (Lipinski definition) is 3. The van der Waals surface area contributed by atoms with Crippen LogP contribution < -0.4 is 0 Å². The lowest BCUT2D eigenvalue weighted by molar-refractivity contribution is 0.436. The average molecular weight is 892 g/mol. The Morgan fingerprint density at radius 3 is 2.02 bits per heavy atom. The first-order chi connectivity index (χ1) is 24.2. The molecule has 8 rings (SSSR count). The van der Waals surface area contributed by atoms with Crippen molar-refractivity contribution in [1.82, 2.24) is 14.5 Å². The fraction of sp³-hybridized carbons (Fsp3) is 0.268. The van der Waals surface area contributed by atoms with Crippen LogP contribution in [0.25, 0.3) is 28.8 Å². The van der Waals surface area contributed by atoms with Crippen LogP contribution in [0.15, 0.2) is 98.4 Å². The van der Waals surface area contributed by atoms with Gasteiger partial charge in [-0.3, -0.25) is 4.99 Å². The van der Waals surface area contributed by atoms with E-state index in [1.54, 1.807) is 0 Å². The molecule has 1 aromatic heterocycles. The normalized spacial score (nSPS) is 13.3. The van der Waals surface area contributed by atoms with Crippen molar-refractivity contribution in [3.63, 3.8) is 0 Å². The lowest BCUT2D eigenvalue weighted by Gasteiger charge is -2.08. The summed E-state index contributed by atoms with van der Waals surface area (Å²) in [6.45, 7) is 4.20. The number of halogens is 6. The van der Waals surface area contributed by atoms with Gasteiger partial charge in [-0.15, -0.1) is 35.6 Å². The monoisotopic (exact) mass is 888 g/mol. The molecule has 3 aliphatic rings. The van der Waals surface area contributed by atoms with Crippen LogP contribution in [0.5, 0.6) is 0 Å². The summed E-state index contributed by atoms with van der Waals surface area (Å²) in [6, 6.07) is 27.3. The van der Waals surface area contributed by atoms with Crippen LogP contribution in [0.3, 0.4) is 0 Å². The van der Waals surface area contributed by atoms with Crippen LogP contribution in [0.4, 0.5) is 5.69 Å². The number of nitrogens with zero attached hydrogens (tertiary/aromatic N) is 4. The van der Waals surface area contributed by atoms with E-state index in [1.807, 2.05) is 31.1 Å². The average Bonchev–Trinajstić information content (AvgIpc) is 3.89. The van der Waals surface area contributed by atoms with Crippen molar-refractivity contribution in [1.29, 1.82) is 0 Å². The Balaban J connectivity index is 0.000000187. The molecule has 0 saturated carbocycles. The highest BCUT2D eigenvalue weighted by Gasteiger charge is 2.23. The molecule has 1 aliphatic heterocycles. The molecule has 2 heterocycles. The maximum atomic E-state index is 6.03. The number of benzene rings is 4. The molecule has 0 radical (unpaired) electrons. The van der Waals surface area contributed by atoms with E-state index in [9.17, 15) is 0 Å². The summed E-state index contributed by atoms with van der Waals surface area (Å²) < 4.78 is 4.64. The predicted molar refractivity (Wildman–Crippen MR) is 232 cm³/mol. The SMILES string of the molecule is CCCn1c(C2=Cc3ccc(Br)cc3C2)nc2ccccc21.CCl.CN(C)CCCl.Cl.Clc1ccc2c(c1)N=C(C1=Cc3ccc(Br)cc3C1)C2. The number of para-hydroxylation sites is 2. The molecule has 0 saturated heterocycles. The van der Waals surface area contributed by atoms with Gasteiger partial charge in [0, 0.05) is 63.4 Å². The van der Waals surface area contributed by atoms with Gasteiger partial charge in [0.05, 0.1) is 16.7 Å². The third-order valence-corrected chi connectivity index (χ3v) is 9.97. The Bertz CT molecular complexity index is 2070. The van der Waals surface area contributed by atoms with E-state index in [4.69, 9.17) is 33.2 Å². The van der Waals surface area contributed by atoms with Gasteiger partial charge in [-0.05, 0) is 121 Å². The standard InChI is InChI=1S/C19H17BrN2.C17H11BrClN.C4H10ClN.CH3Cl.ClH/c1-2-9-22-18-6-4-3-5-17(18)21-19(22)15-10-13-7-8-16(20)12-14(13)11-15;18-14-3-1-10-5-13(6-12(10)7-14)16-8-11-2-4-15(19)9-17(11)20-16;1-6(2)4-3-5;1-2;/h3-8,10,12H,2,9,11H2,1H3;1-5,7,9H,6,8H2;3-4H2,1-2H3;1H3;1H. The number of aliphatic imine (C=N–C) groups is 1. The molecule has 0 atom stereocenters. The van der Waals surface area contributed by atoms with E-state index in [2.05, 4.69) is 134 Å². The Labute approximate surface area is 340 Å². The van der Waals surface area contributed by atoms with E-state index in [-0.39, 0.29) is 12.4 Å². The first-order valence-electron chi connectivity index (χ1n) is 16.6. The minimum Gasteiger partial charge on any atom is -0.324 e. The molecule has 268 valence electrons. The van der Waals surface area contributed by atoms with Crippen LogP contribution in [-0.4, -0.2) is 53.1 Å². The number of aryl methyl sites for hydroxylation is 1. The van der Waals surface area contributed by atoms with Gasteiger partial charge >= 0.3 is 0 Å². The first kappa shape index (κ1) is 41.3. The van der Waals surface area contributed by atoms with E-state index < -0.39 is 0 Å². The number of alkyl halides is 2. The second-order valence-corrected chi connectivity index (χ2v) is 15.1. The molecule has 0 amide bonds. The van der Waals surface area contributed by atoms with Crippen LogP contribution in [-0.2, 0) is 25.8 Å². The number of allylic oxidation sites excluding steroid dienone is 2. The number of aromatic nitrogens is 2. The molecule has 0 unspecified atom stereocenters. The zero-order valence-electron chi connectivity index (χ0n) is 29.2. The number of rotatable bonds is 6. The number of fused-ring (bicyclic) bond motifs is 4. The first-order valence-corrected chi connectivity index (χ1v) is 19.9. The van der Waals surface area contributed by atoms with Crippen molar-refractivity contribution in [2.75, 3.05) is 32.9 Å². The zero-order chi connectivity index (χ0) is 35.8. The molecule has 0 spiro atoms. The molecule has 4 nitrogen and oxygen atoms in total. The van der Waals surface area contributed by atoms with Crippen molar-refractivity contribution < 1.29 is 0 Å². The number of hydrogen-bond donors (Lipinski definition) is 0. The molecule has 5 aromatic rings. The summed E-state index contributed by atoms with van der Waals surface area (Å²) in [7, 11) is 4.00. The maximum Gasteiger partial charge on any atom is 0.137 e. The van der Waals surface area contributed by atoms with Gasteiger partial charge in [-0.25, -0.2) is 4.98 Å². The minimum atomic E-state index is 0. The van der Waals surface area contributed by atoms with Crippen LogP contribution in [0.1, 0.15) is 47.0 Å². The highest BCUT2D eigenvalue weighted by atomic mass is 79.9. The van der Waals surface area contributed by atoms with Crippen LogP contribution in [0.2, 0.25) is 5.02 Å². The second kappa shape index (κ2) is 19.6. The number of imidazole rings is 1. The van der Waals surface area contributed by atoms with Gasteiger partial charge < -0.3 is 9.47 Å². The predicted octanol–water partition coefficient (Wildman–Crippen LogP) is 12.7. The van der Waals surface area contributed by atoms with E-state index in [0.717, 1.165) is 75.6 Å². The molecule has 2 aliphatic carbocycles. The van der Waals surface area contributed by atoms with Crippen LogP contribution >= 0.6 is 79.1 Å². The Morgan fingerprint density at radius 1 is 0.784 bits per heavy atom. The third kappa shape index (κ3) is 10.4. The summed E-state index contributed by atoms with van der Waals surface area (Å²) >= 11 is 23.1. The fourth-order valence-corrected chi connectivity index (χ4v) is 7.56. The van der Waals surface area contributed by atoms with E-state index in [1.165, 1.54) is 56.6 Å². The maximum absolute atomic E-state index is 6.03. The fourth-order valence-electron chi connectivity index (χ4n) is 6.23. The largest absolute Gasteiger partial charge is 0.324 e. The van der Waals surface area contributed by atoms with Gasteiger partial charge in [0.1, 0.15) is 5.82 Å². The third-order valence-electron chi connectivity index (χ3n) is 8.58. The molecule has 0 fully saturated rings. The lowest BCUT2D eigenvalue weighted by Crippen LogP contribution is -2.13. The van der Waals surface area contributed by atoms with Crippen molar-refractivity contribution in [3.8, 4) is 0 Å². The van der Waals surface area contributed by atoms with E-state index in [0.29, 0.717) is 0 Å². The molecule has 0 bridgehead atoms. The van der Waals surface area contributed by atoms with Crippen LogP contribution in [0, 0.1) is 0 Å². The van der Waals surface area contributed by atoms with Gasteiger partial charge in [0.25, 0.3) is 0 Å². The second-order valence-electron chi connectivity index (χ2n) is 12.5. The Hall–Kier alpha value is -2.42. The highest BCUT2D eigenvalue weighted by Crippen LogP contribution is 2.36. The van der Waals surface area contributed by atoms with Crippen molar-refractivity contribution in [2.45, 2.75) is 39.2 Å². The molecular weight excluding hydrogens is 850 g/mol. The smallest absolute Gasteiger partial charge is 0.137 e. The summed E-state index contributed by atoms with van der Waals surface area (Å²) in [6.07, 6.45) is 9.97. The van der Waals surface area contributed by atoms with Crippen molar-refractivity contribution >= 4 is 119 Å². The molecule has 51 heavy (non-hydrogen) atoms. The van der Waals surface area contributed by atoms with Crippen molar-refractivity contribution in [3.05, 3.63) is 132 Å². The van der Waals surface area contributed by atoms with Gasteiger partial charge in [0.2, 0.25) is 0 Å². The van der Waals surface area contributed by atoms with Gasteiger partial charge in [-0.2, -0.15) is 0 Å². The summed E-state index contributed by atoms with van der Waals surface area (Å²) in [5.41, 5.74) is 13.8. The Morgan fingerprint density at radius 2 is 1.41 bits per heavy atom. The molecule has 4 aromatic carbocycles. The van der Waals surface area contributed by atoms with Crippen molar-refractivity contribution in [2.24, 2.45) is 4.99 Å². The quantitative estimate of drug-likeness (QED) is 0.159. The van der Waals surface area contributed by atoms with E-state index >= 15 is 0 Å². The molecule has 0 N–H and O–H groups in total.